The second-order valence-electron chi connectivity index (χ2n) is 11.5. The number of rotatable bonds is 14. The van der Waals surface area contributed by atoms with Gasteiger partial charge < -0.3 is 18.9 Å². The van der Waals surface area contributed by atoms with Crippen LogP contribution < -0.4 is 0 Å². The fourth-order valence-electron chi connectivity index (χ4n) is 6.49. The number of hydrogen-bond acceptors (Lipinski definition) is 4. The van der Waals surface area contributed by atoms with Crippen molar-refractivity contribution in [2.75, 3.05) is 13.2 Å². The van der Waals surface area contributed by atoms with E-state index in [4.69, 9.17) is 18.9 Å². The molecule has 0 amide bonds. The molecule has 4 heteroatoms. The third-order valence-electron chi connectivity index (χ3n) is 8.67. The molecule has 0 unspecified atom stereocenters. The molecule has 4 nitrogen and oxygen atoms in total. The summed E-state index contributed by atoms with van der Waals surface area (Å²) in [5, 5.41) is 0. The van der Waals surface area contributed by atoms with Crippen LogP contribution in [-0.4, -0.2) is 25.4 Å². The number of hydrogen-bond donors (Lipinski definition) is 0. The van der Waals surface area contributed by atoms with Gasteiger partial charge in [0.25, 0.3) is 0 Å². The first-order valence-corrected chi connectivity index (χ1v) is 15.2. The first-order valence-electron chi connectivity index (χ1n) is 15.2. The van der Waals surface area contributed by atoms with Crippen LogP contribution in [0.25, 0.3) is 0 Å². The molecule has 1 spiro atoms. The minimum absolute atomic E-state index is 0.0426. The van der Waals surface area contributed by atoms with Crippen molar-refractivity contribution >= 4 is 0 Å². The molecule has 4 atom stereocenters. The molecule has 0 aromatic heterocycles. The minimum Gasteiger partial charge on any atom is -0.376 e. The molecule has 0 aliphatic heterocycles. The molecule has 43 heavy (non-hydrogen) atoms. The molecule has 1 saturated carbocycles. The van der Waals surface area contributed by atoms with Crippen LogP contribution in [0.5, 0.6) is 0 Å². The summed E-state index contributed by atoms with van der Waals surface area (Å²) in [5.74, 6) is 0.0852. The van der Waals surface area contributed by atoms with Gasteiger partial charge in [-0.15, -0.1) is 0 Å². The molecule has 0 heterocycles. The quantitative estimate of drug-likeness (QED) is 0.154. The van der Waals surface area contributed by atoms with Crippen LogP contribution in [0, 0.1) is 17.3 Å². The Labute approximate surface area is 255 Å². The van der Waals surface area contributed by atoms with Crippen LogP contribution in [0.15, 0.2) is 146 Å². The van der Waals surface area contributed by atoms with Gasteiger partial charge in [0, 0.05) is 17.3 Å². The van der Waals surface area contributed by atoms with Gasteiger partial charge in [-0.2, -0.15) is 0 Å². The Bertz CT molecular complexity index is 1320. The molecule has 0 radical (unpaired) electrons. The normalized spacial score (nSPS) is 22.0. The van der Waals surface area contributed by atoms with E-state index in [-0.39, 0.29) is 29.5 Å². The van der Waals surface area contributed by atoms with E-state index in [1.165, 1.54) is 0 Å². The lowest BCUT2D eigenvalue weighted by Crippen LogP contribution is -2.36. The summed E-state index contributed by atoms with van der Waals surface area (Å²) in [5.41, 5.74) is 4.30. The highest BCUT2D eigenvalue weighted by Crippen LogP contribution is 2.55. The summed E-state index contributed by atoms with van der Waals surface area (Å²) in [6.07, 6.45) is 8.56. The average Bonchev–Trinajstić information content (AvgIpc) is 3.64. The highest BCUT2D eigenvalue weighted by Gasteiger charge is 2.59. The van der Waals surface area contributed by atoms with Crippen molar-refractivity contribution in [3.63, 3.8) is 0 Å². The van der Waals surface area contributed by atoms with E-state index in [0.29, 0.717) is 39.6 Å². The van der Waals surface area contributed by atoms with Crippen molar-refractivity contribution in [2.24, 2.45) is 17.3 Å². The Balaban J connectivity index is 1.29. The van der Waals surface area contributed by atoms with Gasteiger partial charge in [-0.3, -0.25) is 0 Å². The predicted octanol–water partition coefficient (Wildman–Crippen LogP) is 7.95. The van der Waals surface area contributed by atoms with Crippen LogP contribution in [0.3, 0.4) is 0 Å². The zero-order valence-corrected chi connectivity index (χ0v) is 24.5. The summed E-state index contributed by atoms with van der Waals surface area (Å²) >= 11 is 0. The SMILES string of the molecule is C1=CC2(C=C1)[C@@H](COCc1ccccc1)[C@@H](OCc1ccccc1)[C@H](OCc1ccccc1)[C@@H]2COCc1ccccc1. The fourth-order valence-corrected chi connectivity index (χ4v) is 6.49. The monoisotopic (exact) mass is 572 g/mol. The predicted molar refractivity (Wildman–Crippen MR) is 170 cm³/mol. The largest absolute Gasteiger partial charge is 0.376 e. The van der Waals surface area contributed by atoms with Gasteiger partial charge in [0.15, 0.2) is 0 Å². The van der Waals surface area contributed by atoms with Crippen LogP contribution in [0.2, 0.25) is 0 Å². The van der Waals surface area contributed by atoms with E-state index in [1.807, 2.05) is 24.3 Å². The van der Waals surface area contributed by atoms with Crippen molar-refractivity contribution in [1.82, 2.24) is 0 Å². The maximum Gasteiger partial charge on any atom is 0.0907 e. The Morgan fingerprint density at radius 3 is 1.09 bits per heavy atom. The highest BCUT2D eigenvalue weighted by atomic mass is 16.5. The molecule has 6 rings (SSSR count). The zero-order valence-electron chi connectivity index (χ0n) is 24.5. The smallest absolute Gasteiger partial charge is 0.0907 e. The Morgan fingerprint density at radius 2 is 0.744 bits per heavy atom. The zero-order chi connectivity index (χ0) is 29.2. The maximum absolute atomic E-state index is 6.86. The van der Waals surface area contributed by atoms with Gasteiger partial charge in [-0.25, -0.2) is 0 Å². The van der Waals surface area contributed by atoms with Crippen molar-refractivity contribution in [1.29, 1.82) is 0 Å². The van der Waals surface area contributed by atoms with Gasteiger partial charge in [0.1, 0.15) is 0 Å². The van der Waals surface area contributed by atoms with E-state index >= 15 is 0 Å². The summed E-state index contributed by atoms with van der Waals surface area (Å²) < 4.78 is 26.6. The van der Waals surface area contributed by atoms with E-state index in [1.54, 1.807) is 0 Å². The van der Waals surface area contributed by atoms with Gasteiger partial charge in [0.05, 0.1) is 51.8 Å². The number of benzene rings is 4. The number of allylic oxidation sites excluding steroid dienone is 4. The Morgan fingerprint density at radius 1 is 0.419 bits per heavy atom. The van der Waals surface area contributed by atoms with Crippen LogP contribution in [0.4, 0.5) is 0 Å². The van der Waals surface area contributed by atoms with Crippen molar-refractivity contribution in [2.45, 2.75) is 38.6 Å². The summed E-state index contributed by atoms with van der Waals surface area (Å²) in [7, 11) is 0. The summed E-state index contributed by atoms with van der Waals surface area (Å²) in [6.45, 7) is 3.21. The second-order valence-corrected chi connectivity index (χ2v) is 11.5. The van der Waals surface area contributed by atoms with Crippen LogP contribution in [-0.2, 0) is 45.4 Å². The molecular weight excluding hydrogens is 532 g/mol. The molecule has 2 aliphatic rings. The fraction of sp³-hybridized carbons (Fsp3) is 0.282. The van der Waals surface area contributed by atoms with E-state index < -0.39 is 0 Å². The van der Waals surface area contributed by atoms with Crippen LogP contribution >= 0.6 is 0 Å². The lowest BCUT2D eigenvalue weighted by atomic mass is 9.73. The third kappa shape index (κ3) is 7.23. The van der Waals surface area contributed by atoms with E-state index in [0.717, 1.165) is 22.3 Å². The van der Waals surface area contributed by atoms with Gasteiger partial charge >= 0.3 is 0 Å². The Hall–Kier alpha value is -3.80. The topological polar surface area (TPSA) is 36.9 Å². The lowest BCUT2D eigenvalue weighted by molar-refractivity contribution is -0.111. The first kappa shape index (κ1) is 29.3. The molecule has 0 saturated heterocycles. The summed E-state index contributed by atoms with van der Waals surface area (Å²) in [6, 6.07) is 41.5. The first-order chi connectivity index (χ1) is 21.3. The second kappa shape index (κ2) is 14.6. The molecule has 1 fully saturated rings. The lowest BCUT2D eigenvalue weighted by Gasteiger charge is -2.34. The molecule has 220 valence electrons. The standard InChI is InChI=1S/C39H40O4/c1-5-15-31(16-6-1)25-40-29-35-37(42-27-33-19-9-3-10-20-33)38(43-28-34-21-11-4-12-22-34)36(39(35)23-13-14-24-39)30-41-26-32-17-7-2-8-18-32/h1-24,35-38H,25-30H2/t35-,36-,37+,38+/m0/s1. The van der Waals surface area contributed by atoms with E-state index in [9.17, 15) is 0 Å². The summed E-state index contributed by atoms with van der Waals surface area (Å²) in [4.78, 5) is 0. The number of ether oxygens (including phenoxy) is 4. The molecule has 0 bridgehead atoms. The highest BCUT2D eigenvalue weighted by molar-refractivity contribution is 5.33. The van der Waals surface area contributed by atoms with Crippen molar-refractivity contribution in [3.8, 4) is 0 Å². The van der Waals surface area contributed by atoms with Crippen molar-refractivity contribution in [3.05, 3.63) is 168 Å². The van der Waals surface area contributed by atoms with E-state index in [2.05, 4.69) is 121 Å². The average molecular weight is 573 g/mol. The molecule has 2 aliphatic carbocycles. The van der Waals surface area contributed by atoms with Gasteiger partial charge in [-0.05, 0) is 22.3 Å². The van der Waals surface area contributed by atoms with Crippen LogP contribution in [0.1, 0.15) is 22.3 Å². The molecule has 0 N–H and O–H groups in total. The minimum atomic E-state index is -0.309. The molecule has 4 aromatic carbocycles. The van der Waals surface area contributed by atoms with Crippen molar-refractivity contribution < 1.29 is 18.9 Å². The van der Waals surface area contributed by atoms with Gasteiger partial charge in [-0.1, -0.05) is 146 Å². The van der Waals surface area contributed by atoms with Gasteiger partial charge in [0.2, 0.25) is 0 Å². The maximum atomic E-state index is 6.86. The molecular formula is C39H40O4. The third-order valence-corrected chi connectivity index (χ3v) is 8.67. The Kier molecular flexibility index (Phi) is 9.93. The molecule has 4 aromatic rings.